The molecule has 0 bridgehead atoms. The van der Waals surface area contributed by atoms with Crippen LogP contribution in [-0.4, -0.2) is 41.0 Å². The molecule has 1 atom stereocenters. The van der Waals surface area contributed by atoms with Gasteiger partial charge in [-0.05, 0) is 48.4 Å². The molecule has 0 saturated carbocycles. The van der Waals surface area contributed by atoms with Crippen molar-refractivity contribution in [2.24, 2.45) is 0 Å². The van der Waals surface area contributed by atoms with Crippen LogP contribution in [0.5, 0.6) is 11.5 Å². The van der Waals surface area contributed by atoms with Crippen molar-refractivity contribution >= 4 is 23.4 Å². The highest BCUT2D eigenvalue weighted by Crippen LogP contribution is 2.38. The molecule has 0 fully saturated rings. The van der Waals surface area contributed by atoms with E-state index in [9.17, 15) is 14.7 Å². The van der Waals surface area contributed by atoms with E-state index >= 15 is 0 Å². The number of rotatable bonds is 7. The normalized spacial score (nSPS) is 14.5. The van der Waals surface area contributed by atoms with Crippen LogP contribution in [0.2, 0.25) is 0 Å². The number of aromatic nitrogens is 2. The highest BCUT2D eigenvalue weighted by molar-refractivity contribution is 6.08. The van der Waals surface area contributed by atoms with Gasteiger partial charge in [0, 0.05) is 11.3 Å². The number of anilines is 2. The summed E-state index contributed by atoms with van der Waals surface area (Å²) in [7, 11) is 3.07. The summed E-state index contributed by atoms with van der Waals surface area (Å²) in [5.41, 5.74) is 2.58. The minimum Gasteiger partial charge on any atom is -0.497 e. The first-order valence-corrected chi connectivity index (χ1v) is 10.4. The number of methoxy groups -OCH3 is 2. The Morgan fingerprint density at radius 3 is 2.55 bits per heavy atom. The number of fused-ring (bicyclic) bond motifs is 1. The van der Waals surface area contributed by atoms with Gasteiger partial charge in [0.25, 0.3) is 5.91 Å². The van der Waals surface area contributed by atoms with E-state index in [2.05, 4.69) is 22.7 Å². The fourth-order valence-corrected chi connectivity index (χ4v) is 3.70. The van der Waals surface area contributed by atoms with Gasteiger partial charge in [0.05, 0.1) is 20.4 Å². The molecule has 4 rings (SSSR count). The van der Waals surface area contributed by atoms with Gasteiger partial charge in [-0.1, -0.05) is 19.1 Å². The summed E-state index contributed by atoms with van der Waals surface area (Å²) >= 11 is 0. The molecule has 1 amide bonds. The summed E-state index contributed by atoms with van der Waals surface area (Å²) in [6, 6.07) is 12.1. The summed E-state index contributed by atoms with van der Waals surface area (Å²) in [6.45, 7) is 2.06. The molecule has 0 unspecified atom stereocenters. The Balaban J connectivity index is 1.74. The summed E-state index contributed by atoms with van der Waals surface area (Å²) in [5.74, 6) is -0.178. The number of hydrogen-bond donors (Lipinski definition) is 3. The first-order chi connectivity index (χ1) is 15.9. The van der Waals surface area contributed by atoms with Gasteiger partial charge < -0.3 is 25.2 Å². The molecular weight excluding hydrogens is 424 g/mol. The highest BCUT2D eigenvalue weighted by Gasteiger charge is 2.31. The van der Waals surface area contributed by atoms with Crippen molar-refractivity contribution in [3.63, 3.8) is 0 Å². The highest BCUT2D eigenvalue weighted by atomic mass is 16.5. The Bertz CT molecular complexity index is 1230. The van der Waals surface area contributed by atoms with E-state index in [4.69, 9.17) is 9.47 Å². The van der Waals surface area contributed by atoms with Gasteiger partial charge in [-0.2, -0.15) is 5.10 Å². The second-order valence-corrected chi connectivity index (χ2v) is 7.42. The molecule has 9 nitrogen and oxygen atoms in total. The Kier molecular flexibility index (Phi) is 6.03. The maximum absolute atomic E-state index is 13.0. The second-order valence-electron chi connectivity index (χ2n) is 7.42. The van der Waals surface area contributed by atoms with Gasteiger partial charge in [0.2, 0.25) is 0 Å². The van der Waals surface area contributed by atoms with E-state index in [0.717, 1.165) is 12.0 Å². The van der Waals surface area contributed by atoms with Crippen LogP contribution >= 0.6 is 0 Å². The van der Waals surface area contributed by atoms with Crippen molar-refractivity contribution in [2.45, 2.75) is 19.4 Å². The van der Waals surface area contributed by atoms with Crippen molar-refractivity contribution in [3.05, 3.63) is 77.1 Å². The predicted octanol–water partition coefficient (Wildman–Crippen LogP) is 3.70. The lowest BCUT2D eigenvalue weighted by atomic mass is 10.0. The number of carboxylic acids is 1. The molecule has 3 aromatic rings. The molecular formula is C24H24N4O5. The average Bonchev–Trinajstić information content (AvgIpc) is 3.27. The van der Waals surface area contributed by atoms with Crippen LogP contribution in [0.1, 0.15) is 34.5 Å². The number of carbonyl (C=O) groups is 2. The zero-order valence-corrected chi connectivity index (χ0v) is 18.5. The number of benzene rings is 2. The van der Waals surface area contributed by atoms with Crippen molar-refractivity contribution in [1.82, 2.24) is 9.78 Å². The SMILES string of the molecule is CCc1ccc(NC(=O)c2cnn3c2NC(C(=O)O)=C[C@H]3c2cc(OC)ccc2OC)cc1. The maximum atomic E-state index is 13.0. The summed E-state index contributed by atoms with van der Waals surface area (Å²) in [6.07, 6.45) is 3.83. The minimum atomic E-state index is -1.16. The Morgan fingerprint density at radius 1 is 1.15 bits per heavy atom. The predicted molar refractivity (Wildman–Crippen MR) is 123 cm³/mol. The molecule has 0 aliphatic carbocycles. The smallest absolute Gasteiger partial charge is 0.352 e. The van der Waals surface area contributed by atoms with Crippen LogP contribution in [0.4, 0.5) is 11.5 Å². The summed E-state index contributed by atoms with van der Waals surface area (Å²) in [4.78, 5) is 24.9. The fraction of sp³-hybridized carbons (Fsp3) is 0.208. The lowest BCUT2D eigenvalue weighted by Gasteiger charge is -2.26. The van der Waals surface area contributed by atoms with Crippen molar-refractivity contribution in [3.8, 4) is 11.5 Å². The number of aliphatic carboxylic acids is 1. The van der Waals surface area contributed by atoms with E-state index in [1.807, 2.05) is 24.3 Å². The number of nitrogens with zero attached hydrogens (tertiary/aromatic N) is 2. The van der Waals surface area contributed by atoms with Gasteiger partial charge in [-0.25, -0.2) is 9.48 Å². The fourth-order valence-electron chi connectivity index (χ4n) is 3.70. The van der Waals surface area contributed by atoms with Gasteiger partial charge in [0.1, 0.15) is 34.6 Å². The summed E-state index contributed by atoms with van der Waals surface area (Å²) in [5, 5.41) is 19.7. The minimum absolute atomic E-state index is 0.0702. The number of allylic oxidation sites excluding steroid dienone is 1. The molecule has 1 aromatic heterocycles. The van der Waals surface area contributed by atoms with Crippen LogP contribution < -0.4 is 20.1 Å². The lowest BCUT2D eigenvalue weighted by Crippen LogP contribution is -2.26. The Morgan fingerprint density at radius 2 is 1.91 bits per heavy atom. The molecule has 0 radical (unpaired) electrons. The van der Waals surface area contributed by atoms with Crippen LogP contribution in [-0.2, 0) is 11.2 Å². The standard InChI is InChI=1S/C24H24N4O5/c1-4-14-5-7-15(8-6-14)26-23(29)18-13-25-28-20(12-19(24(30)31)27-22(18)28)17-11-16(32-2)9-10-21(17)33-3/h5-13,20,27H,4H2,1-3H3,(H,26,29)(H,30,31)/t20-/m0/s1. The maximum Gasteiger partial charge on any atom is 0.352 e. The molecule has 0 saturated heterocycles. The van der Waals surface area contributed by atoms with Crippen LogP contribution in [0.3, 0.4) is 0 Å². The van der Waals surface area contributed by atoms with E-state index in [1.54, 1.807) is 30.0 Å². The number of nitrogens with one attached hydrogen (secondary N) is 2. The van der Waals surface area contributed by atoms with Crippen molar-refractivity contribution in [1.29, 1.82) is 0 Å². The molecule has 2 aromatic carbocycles. The molecule has 9 heteroatoms. The molecule has 0 spiro atoms. The molecule has 2 heterocycles. The van der Waals surface area contributed by atoms with E-state index in [0.29, 0.717) is 22.7 Å². The molecule has 3 N–H and O–H groups in total. The Hall–Kier alpha value is -4.27. The monoisotopic (exact) mass is 448 g/mol. The van der Waals surface area contributed by atoms with Gasteiger partial charge in [-0.15, -0.1) is 0 Å². The second kappa shape index (κ2) is 9.07. The number of ether oxygens (including phenoxy) is 2. The zero-order valence-electron chi connectivity index (χ0n) is 18.5. The van der Waals surface area contributed by atoms with Crippen LogP contribution in [0.25, 0.3) is 0 Å². The zero-order chi connectivity index (χ0) is 23.5. The largest absolute Gasteiger partial charge is 0.497 e. The van der Waals surface area contributed by atoms with Gasteiger partial charge >= 0.3 is 5.97 Å². The van der Waals surface area contributed by atoms with E-state index in [-0.39, 0.29) is 17.1 Å². The number of amides is 1. The number of aryl methyl sites for hydroxylation is 1. The number of carbonyl (C=O) groups excluding carboxylic acids is 1. The topological polar surface area (TPSA) is 115 Å². The summed E-state index contributed by atoms with van der Waals surface area (Å²) < 4.78 is 12.4. The van der Waals surface area contributed by atoms with Gasteiger partial charge in [-0.3, -0.25) is 4.79 Å². The van der Waals surface area contributed by atoms with Crippen LogP contribution in [0.15, 0.2) is 60.4 Å². The van der Waals surface area contributed by atoms with Crippen LogP contribution in [0, 0.1) is 0 Å². The third-order valence-electron chi connectivity index (χ3n) is 5.49. The number of carboxylic acid groups (broad SMARTS) is 1. The van der Waals surface area contributed by atoms with E-state index < -0.39 is 17.9 Å². The van der Waals surface area contributed by atoms with Crippen molar-refractivity contribution in [2.75, 3.05) is 24.9 Å². The lowest BCUT2D eigenvalue weighted by molar-refractivity contribution is -0.132. The molecule has 170 valence electrons. The third kappa shape index (κ3) is 4.25. The number of hydrogen-bond acceptors (Lipinski definition) is 6. The van der Waals surface area contributed by atoms with Gasteiger partial charge in [0.15, 0.2) is 0 Å². The third-order valence-corrected chi connectivity index (χ3v) is 5.49. The first kappa shape index (κ1) is 21.9. The van der Waals surface area contributed by atoms with Crippen molar-refractivity contribution < 1.29 is 24.2 Å². The first-order valence-electron chi connectivity index (χ1n) is 10.4. The molecule has 1 aliphatic rings. The average molecular weight is 448 g/mol. The molecule has 1 aliphatic heterocycles. The van der Waals surface area contributed by atoms with E-state index in [1.165, 1.54) is 19.4 Å². The molecule has 33 heavy (non-hydrogen) atoms. The quantitative estimate of drug-likeness (QED) is 0.505. The Labute approximate surface area is 190 Å².